The molecule has 0 spiro atoms. The molecule has 1 aromatic carbocycles. The fourth-order valence-electron chi connectivity index (χ4n) is 3.20. The number of hydrogen-bond donors (Lipinski definition) is 0. The van der Waals surface area contributed by atoms with Gasteiger partial charge in [0.15, 0.2) is 0 Å². The van der Waals surface area contributed by atoms with Crippen LogP contribution in [0.15, 0.2) is 24.3 Å². The zero-order valence-corrected chi connectivity index (χ0v) is 10.7. The summed E-state index contributed by atoms with van der Waals surface area (Å²) >= 11 is 0. The fourth-order valence-corrected chi connectivity index (χ4v) is 3.20. The first-order valence-corrected chi connectivity index (χ1v) is 6.90. The molecule has 0 amide bonds. The fraction of sp³-hybridized carbons (Fsp3) is 0.562. The van der Waals surface area contributed by atoms with E-state index >= 15 is 0 Å². The molecule has 0 bridgehead atoms. The lowest BCUT2D eigenvalue weighted by molar-refractivity contribution is 0.112. The monoisotopic (exact) mass is 230 g/mol. The van der Waals surface area contributed by atoms with E-state index in [0.29, 0.717) is 5.92 Å². The van der Waals surface area contributed by atoms with Gasteiger partial charge in [-0.2, -0.15) is 0 Å². The van der Waals surface area contributed by atoms with Crippen LogP contribution < -0.4 is 0 Å². The quantitative estimate of drug-likeness (QED) is 0.692. The SMILES string of the molecule is CCC(c1ccc(C=O)cc1)C1CCCCC1. The second kappa shape index (κ2) is 6.00. The van der Waals surface area contributed by atoms with E-state index in [9.17, 15) is 4.79 Å². The Balaban J connectivity index is 2.12. The van der Waals surface area contributed by atoms with E-state index in [1.54, 1.807) is 0 Å². The van der Waals surface area contributed by atoms with E-state index in [1.807, 2.05) is 12.1 Å². The normalized spacial score (nSPS) is 18.9. The molecule has 1 heteroatoms. The smallest absolute Gasteiger partial charge is 0.150 e. The van der Waals surface area contributed by atoms with E-state index in [0.717, 1.165) is 17.8 Å². The molecule has 1 saturated carbocycles. The zero-order chi connectivity index (χ0) is 12.1. The van der Waals surface area contributed by atoms with Crippen LogP contribution in [0.3, 0.4) is 0 Å². The summed E-state index contributed by atoms with van der Waals surface area (Å²) in [7, 11) is 0. The molecule has 1 aromatic rings. The molecule has 0 aliphatic heterocycles. The van der Waals surface area contributed by atoms with Crippen molar-refractivity contribution in [3.05, 3.63) is 35.4 Å². The van der Waals surface area contributed by atoms with E-state index in [1.165, 1.54) is 44.1 Å². The maximum atomic E-state index is 10.7. The topological polar surface area (TPSA) is 17.1 Å². The van der Waals surface area contributed by atoms with Crippen LogP contribution in [0.2, 0.25) is 0 Å². The van der Waals surface area contributed by atoms with Gasteiger partial charge in [-0.15, -0.1) is 0 Å². The Morgan fingerprint density at radius 2 is 1.82 bits per heavy atom. The molecule has 0 saturated heterocycles. The van der Waals surface area contributed by atoms with Crippen LogP contribution in [0.25, 0.3) is 0 Å². The van der Waals surface area contributed by atoms with Gasteiger partial charge in [0.25, 0.3) is 0 Å². The van der Waals surface area contributed by atoms with Gasteiger partial charge in [-0.25, -0.2) is 0 Å². The van der Waals surface area contributed by atoms with Crippen LogP contribution in [0.1, 0.15) is 67.3 Å². The summed E-state index contributed by atoms with van der Waals surface area (Å²) in [5.74, 6) is 1.55. The highest BCUT2D eigenvalue weighted by atomic mass is 16.1. The van der Waals surface area contributed by atoms with Crippen LogP contribution in [-0.4, -0.2) is 6.29 Å². The van der Waals surface area contributed by atoms with E-state index in [4.69, 9.17) is 0 Å². The van der Waals surface area contributed by atoms with Gasteiger partial charge in [0, 0.05) is 5.56 Å². The lowest BCUT2D eigenvalue weighted by Gasteiger charge is -2.30. The largest absolute Gasteiger partial charge is 0.298 e. The minimum absolute atomic E-state index is 0.691. The number of benzene rings is 1. The summed E-state index contributed by atoms with van der Waals surface area (Å²) in [5.41, 5.74) is 2.21. The molecule has 1 unspecified atom stereocenters. The van der Waals surface area contributed by atoms with Crippen molar-refractivity contribution in [1.82, 2.24) is 0 Å². The van der Waals surface area contributed by atoms with E-state index in [-0.39, 0.29) is 0 Å². The van der Waals surface area contributed by atoms with Crippen molar-refractivity contribution in [1.29, 1.82) is 0 Å². The Bertz CT molecular complexity index is 346. The average molecular weight is 230 g/mol. The predicted octanol–water partition coefficient (Wildman–Crippen LogP) is 4.57. The van der Waals surface area contributed by atoms with Crippen molar-refractivity contribution in [2.45, 2.75) is 51.4 Å². The number of hydrogen-bond acceptors (Lipinski definition) is 1. The van der Waals surface area contributed by atoms with Gasteiger partial charge in [-0.1, -0.05) is 50.5 Å². The molecule has 92 valence electrons. The van der Waals surface area contributed by atoms with Gasteiger partial charge in [0.2, 0.25) is 0 Å². The maximum Gasteiger partial charge on any atom is 0.150 e. The minimum atomic E-state index is 0.691. The molecule has 0 aromatic heterocycles. The number of aldehydes is 1. The molecule has 1 aliphatic carbocycles. The molecule has 17 heavy (non-hydrogen) atoms. The third-order valence-electron chi connectivity index (χ3n) is 4.16. The first kappa shape index (κ1) is 12.3. The van der Waals surface area contributed by atoms with Gasteiger partial charge in [0.05, 0.1) is 0 Å². The highest BCUT2D eigenvalue weighted by molar-refractivity contribution is 5.74. The van der Waals surface area contributed by atoms with Crippen molar-refractivity contribution < 1.29 is 4.79 Å². The van der Waals surface area contributed by atoms with Crippen LogP contribution in [-0.2, 0) is 0 Å². The number of rotatable bonds is 4. The molecule has 1 aliphatic rings. The Kier molecular flexibility index (Phi) is 4.36. The van der Waals surface area contributed by atoms with E-state index < -0.39 is 0 Å². The second-order valence-electron chi connectivity index (χ2n) is 5.20. The van der Waals surface area contributed by atoms with Crippen LogP contribution in [0, 0.1) is 5.92 Å². The molecule has 1 nitrogen and oxygen atoms in total. The summed E-state index contributed by atoms with van der Waals surface area (Å²) in [4.78, 5) is 10.7. The predicted molar refractivity (Wildman–Crippen MR) is 71.4 cm³/mol. The summed E-state index contributed by atoms with van der Waals surface area (Å²) < 4.78 is 0. The molecule has 1 atom stereocenters. The highest BCUT2D eigenvalue weighted by Crippen LogP contribution is 2.37. The van der Waals surface area contributed by atoms with Gasteiger partial charge in [0.1, 0.15) is 6.29 Å². The maximum absolute atomic E-state index is 10.7. The summed E-state index contributed by atoms with van der Waals surface area (Å²) in [6.07, 6.45) is 9.11. The van der Waals surface area contributed by atoms with E-state index in [2.05, 4.69) is 19.1 Å². The lowest BCUT2D eigenvalue weighted by Crippen LogP contribution is -2.15. The summed E-state index contributed by atoms with van der Waals surface area (Å²) in [6, 6.07) is 8.20. The van der Waals surface area contributed by atoms with Crippen molar-refractivity contribution in [2.75, 3.05) is 0 Å². The molecule has 0 N–H and O–H groups in total. The molecule has 0 heterocycles. The Labute approximate surface area is 104 Å². The van der Waals surface area contributed by atoms with Crippen molar-refractivity contribution in [3.63, 3.8) is 0 Å². The number of carbonyl (C=O) groups is 1. The summed E-state index contributed by atoms with van der Waals surface area (Å²) in [5, 5.41) is 0. The first-order valence-electron chi connectivity index (χ1n) is 6.90. The Morgan fingerprint density at radius 1 is 1.18 bits per heavy atom. The van der Waals surface area contributed by atoms with Crippen LogP contribution in [0.5, 0.6) is 0 Å². The lowest BCUT2D eigenvalue weighted by atomic mass is 9.75. The first-order chi connectivity index (χ1) is 8.35. The molecule has 0 radical (unpaired) electrons. The van der Waals surface area contributed by atoms with Gasteiger partial charge < -0.3 is 0 Å². The molecular weight excluding hydrogens is 208 g/mol. The highest BCUT2D eigenvalue weighted by Gasteiger charge is 2.23. The Hall–Kier alpha value is -1.11. The Morgan fingerprint density at radius 3 is 2.35 bits per heavy atom. The average Bonchev–Trinajstić information content (AvgIpc) is 2.42. The molecule has 1 fully saturated rings. The van der Waals surface area contributed by atoms with Crippen LogP contribution in [0.4, 0.5) is 0 Å². The third kappa shape index (κ3) is 2.96. The van der Waals surface area contributed by atoms with Crippen LogP contribution >= 0.6 is 0 Å². The van der Waals surface area contributed by atoms with Crippen molar-refractivity contribution in [3.8, 4) is 0 Å². The number of carbonyl (C=O) groups excluding carboxylic acids is 1. The third-order valence-corrected chi connectivity index (χ3v) is 4.16. The molecule has 2 rings (SSSR count). The van der Waals surface area contributed by atoms with Crippen molar-refractivity contribution in [2.24, 2.45) is 5.92 Å². The molecular formula is C16H22O. The second-order valence-corrected chi connectivity index (χ2v) is 5.20. The standard InChI is InChI=1S/C16H22O/c1-2-16(14-6-4-3-5-7-14)15-10-8-13(12-17)9-11-15/h8-12,14,16H,2-7H2,1H3. The minimum Gasteiger partial charge on any atom is -0.298 e. The van der Waals surface area contributed by atoms with Gasteiger partial charge >= 0.3 is 0 Å². The summed E-state index contributed by atoms with van der Waals surface area (Å²) in [6.45, 7) is 2.28. The van der Waals surface area contributed by atoms with Gasteiger partial charge in [-0.05, 0) is 36.7 Å². The zero-order valence-electron chi connectivity index (χ0n) is 10.7. The van der Waals surface area contributed by atoms with Crippen molar-refractivity contribution >= 4 is 6.29 Å². The van der Waals surface area contributed by atoms with Gasteiger partial charge in [-0.3, -0.25) is 4.79 Å².